The van der Waals surface area contributed by atoms with Crippen molar-refractivity contribution in [2.24, 2.45) is 0 Å². The van der Waals surface area contributed by atoms with E-state index in [-0.39, 0.29) is 11.6 Å². The molecule has 0 saturated carbocycles. The molecule has 2 aromatic rings. The molecule has 0 atom stereocenters. The molecule has 2 N–H and O–H groups in total. The highest BCUT2D eigenvalue weighted by Crippen LogP contribution is 2.22. The summed E-state index contributed by atoms with van der Waals surface area (Å²) in [5, 5.41) is 16.7. The van der Waals surface area contributed by atoms with Crippen LogP contribution < -0.4 is 15.4 Å². The molecule has 150 valence electrons. The fraction of sp³-hybridized carbons (Fsp3) is 0.381. The molecule has 0 radical (unpaired) electrons. The summed E-state index contributed by atoms with van der Waals surface area (Å²) < 4.78 is 5.78. The predicted molar refractivity (Wildman–Crippen MR) is 110 cm³/mol. The zero-order valence-electron chi connectivity index (χ0n) is 16.4. The van der Waals surface area contributed by atoms with Gasteiger partial charge in [0.2, 0.25) is 5.91 Å². The van der Waals surface area contributed by atoms with Gasteiger partial charge in [0.25, 0.3) is 5.69 Å². The normalized spacial score (nSPS) is 10.4. The quantitative estimate of drug-likeness (QED) is 0.347. The Balaban J connectivity index is 1.58. The van der Waals surface area contributed by atoms with Crippen molar-refractivity contribution in [1.82, 2.24) is 5.32 Å². The van der Waals surface area contributed by atoms with Crippen LogP contribution in [0.1, 0.15) is 30.4 Å². The van der Waals surface area contributed by atoms with Gasteiger partial charge in [0.15, 0.2) is 0 Å². The van der Waals surface area contributed by atoms with Gasteiger partial charge in [0, 0.05) is 25.6 Å². The first-order chi connectivity index (χ1) is 13.5. The molecule has 7 heteroatoms. The van der Waals surface area contributed by atoms with E-state index >= 15 is 0 Å². The van der Waals surface area contributed by atoms with Crippen LogP contribution >= 0.6 is 0 Å². The maximum atomic E-state index is 11.9. The third-order valence-electron chi connectivity index (χ3n) is 4.26. The van der Waals surface area contributed by atoms with Crippen molar-refractivity contribution < 1.29 is 14.5 Å². The number of carbonyl (C=O) groups is 1. The van der Waals surface area contributed by atoms with Crippen molar-refractivity contribution in [2.75, 3.05) is 25.0 Å². The average Bonchev–Trinajstić information content (AvgIpc) is 2.67. The number of unbranched alkanes of at least 4 members (excludes halogenated alkanes) is 1. The van der Waals surface area contributed by atoms with Crippen LogP contribution in [0, 0.1) is 24.0 Å². The summed E-state index contributed by atoms with van der Waals surface area (Å²) in [5.74, 6) is 0.863. The Labute approximate surface area is 165 Å². The van der Waals surface area contributed by atoms with Crippen LogP contribution in [-0.4, -0.2) is 30.5 Å². The number of nitro groups is 1. The average molecular weight is 385 g/mol. The van der Waals surface area contributed by atoms with Gasteiger partial charge < -0.3 is 15.4 Å². The van der Waals surface area contributed by atoms with Crippen LogP contribution in [0.4, 0.5) is 11.4 Å². The number of ether oxygens (including phenoxy) is 1. The Hall–Kier alpha value is -3.09. The zero-order valence-corrected chi connectivity index (χ0v) is 16.4. The van der Waals surface area contributed by atoms with Gasteiger partial charge in [-0.2, -0.15) is 0 Å². The smallest absolute Gasteiger partial charge is 0.292 e. The monoisotopic (exact) mass is 385 g/mol. The van der Waals surface area contributed by atoms with Crippen molar-refractivity contribution in [3.8, 4) is 5.75 Å². The number of anilines is 1. The van der Waals surface area contributed by atoms with Crippen LogP contribution in [-0.2, 0) is 4.79 Å². The van der Waals surface area contributed by atoms with Gasteiger partial charge in [-0.3, -0.25) is 14.9 Å². The van der Waals surface area contributed by atoms with E-state index in [1.54, 1.807) is 18.2 Å². The fourth-order valence-corrected chi connectivity index (χ4v) is 2.70. The second kappa shape index (κ2) is 10.9. The van der Waals surface area contributed by atoms with Crippen LogP contribution in [0.3, 0.4) is 0 Å². The molecule has 7 nitrogen and oxygen atoms in total. The van der Waals surface area contributed by atoms with E-state index < -0.39 is 4.92 Å². The standard InChI is InChI=1S/C21H27N3O4/c1-16-10-11-17(2)20(15-16)28-14-6-5-9-21(25)23-13-12-22-18-7-3-4-8-19(18)24(26)27/h3-4,7-8,10-11,15,22H,5-6,9,12-14H2,1-2H3,(H,23,25). The molecule has 28 heavy (non-hydrogen) atoms. The fourth-order valence-electron chi connectivity index (χ4n) is 2.70. The molecule has 0 bridgehead atoms. The largest absolute Gasteiger partial charge is 0.493 e. The summed E-state index contributed by atoms with van der Waals surface area (Å²) in [6.07, 6.45) is 1.98. The van der Waals surface area contributed by atoms with Crippen molar-refractivity contribution >= 4 is 17.3 Å². The van der Waals surface area contributed by atoms with E-state index in [2.05, 4.69) is 16.7 Å². The molecular weight excluding hydrogens is 358 g/mol. The number of hydrogen-bond donors (Lipinski definition) is 2. The van der Waals surface area contributed by atoms with Crippen LogP contribution in [0.5, 0.6) is 5.75 Å². The van der Waals surface area contributed by atoms with Crippen molar-refractivity contribution in [2.45, 2.75) is 33.1 Å². The van der Waals surface area contributed by atoms with E-state index in [4.69, 9.17) is 4.74 Å². The first-order valence-electron chi connectivity index (χ1n) is 9.41. The molecule has 0 heterocycles. The van der Waals surface area contributed by atoms with Gasteiger partial charge in [-0.15, -0.1) is 0 Å². The maximum Gasteiger partial charge on any atom is 0.292 e. The van der Waals surface area contributed by atoms with Gasteiger partial charge in [-0.05, 0) is 49.9 Å². The van der Waals surface area contributed by atoms with Crippen molar-refractivity contribution in [3.05, 3.63) is 63.7 Å². The molecule has 1 amide bonds. The Bertz CT molecular complexity index is 808. The highest BCUT2D eigenvalue weighted by molar-refractivity contribution is 5.75. The van der Waals surface area contributed by atoms with Crippen molar-refractivity contribution in [3.63, 3.8) is 0 Å². The lowest BCUT2D eigenvalue weighted by Crippen LogP contribution is -2.28. The number of aryl methyl sites for hydroxylation is 2. The van der Waals surface area contributed by atoms with Gasteiger partial charge in [0.05, 0.1) is 11.5 Å². The SMILES string of the molecule is Cc1ccc(C)c(OCCCCC(=O)NCCNc2ccccc2[N+](=O)[O-])c1. The number of rotatable bonds is 11. The van der Waals surface area contributed by atoms with E-state index in [0.717, 1.165) is 29.7 Å². The molecule has 0 saturated heterocycles. The lowest BCUT2D eigenvalue weighted by atomic mass is 10.1. The van der Waals surface area contributed by atoms with E-state index in [1.807, 2.05) is 26.0 Å². The van der Waals surface area contributed by atoms with Gasteiger partial charge >= 0.3 is 0 Å². The topological polar surface area (TPSA) is 93.5 Å². The van der Waals surface area contributed by atoms with Gasteiger partial charge in [-0.1, -0.05) is 24.3 Å². The summed E-state index contributed by atoms with van der Waals surface area (Å²) in [5.41, 5.74) is 2.74. The molecular formula is C21H27N3O4. The minimum Gasteiger partial charge on any atom is -0.493 e. The Kier molecular flexibility index (Phi) is 8.27. The summed E-state index contributed by atoms with van der Waals surface area (Å²) in [6.45, 7) is 5.45. The number of hydrogen-bond acceptors (Lipinski definition) is 5. The number of para-hydroxylation sites is 2. The molecule has 0 aromatic heterocycles. The maximum absolute atomic E-state index is 11.9. The first kappa shape index (κ1) is 21.2. The third kappa shape index (κ3) is 6.90. The number of amides is 1. The number of nitro benzene ring substituents is 1. The van der Waals surface area contributed by atoms with Gasteiger partial charge in [-0.25, -0.2) is 0 Å². The number of nitrogens with one attached hydrogen (secondary N) is 2. The first-order valence-corrected chi connectivity index (χ1v) is 9.41. The summed E-state index contributed by atoms with van der Waals surface area (Å²) in [7, 11) is 0. The Morgan fingerprint density at radius 2 is 1.89 bits per heavy atom. The summed E-state index contributed by atoms with van der Waals surface area (Å²) in [6, 6.07) is 12.6. The molecule has 2 rings (SSSR count). The molecule has 0 spiro atoms. The number of benzene rings is 2. The number of carbonyl (C=O) groups excluding carboxylic acids is 1. The molecule has 0 aliphatic carbocycles. The minimum absolute atomic E-state index is 0.0256. The highest BCUT2D eigenvalue weighted by atomic mass is 16.6. The molecule has 0 unspecified atom stereocenters. The third-order valence-corrected chi connectivity index (χ3v) is 4.26. The van der Waals surface area contributed by atoms with Crippen LogP contribution in [0.2, 0.25) is 0 Å². The van der Waals surface area contributed by atoms with Crippen LogP contribution in [0.25, 0.3) is 0 Å². The second-order valence-electron chi connectivity index (χ2n) is 6.63. The molecule has 0 aliphatic rings. The molecule has 0 aliphatic heterocycles. The highest BCUT2D eigenvalue weighted by Gasteiger charge is 2.11. The van der Waals surface area contributed by atoms with Crippen LogP contribution in [0.15, 0.2) is 42.5 Å². The molecule has 0 fully saturated rings. The summed E-state index contributed by atoms with van der Waals surface area (Å²) >= 11 is 0. The lowest BCUT2D eigenvalue weighted by Gasteiger charge is -2.10. The second-order valence-corrected chi connectivity index (χ2v) is 6.63. The zero-order chi connectivity index (χ0) is 20.4. The van der Waals surface area contributed by atoms with E-state index in [0.29, 0.717) is 31.8 Å². The van der Waals surface area contributed by atoms with E-state index in [1.165, 1.54) is 6.07 Å². The van der Waals surface area contributed by atoms with Gasteiger partial charge in [0.1, 0.15) is 11.4 Å². The Morgan fingerprint density at radius 3 is 2.68 bits per heavy atom. The Morgan fingerprint density at radius 1 is 1.11 bits per heavy atom. The number of nitrogens with zero attached hydrogens (tertiary/aromatic N) is 1. The van der Waals surface area contributed by atoms with E-state index in [9.17, 15) is 14.9 Å². The predicted octanol–water partition coefficient (Wildman–Crippen LogP) is 3.99. The summed E-state index contributed by atoms with van der Waals surface area (Å²) in [4.78, 5) is 22.4. The molecule has 2 aromatic carbocycles. The lowest BCUT2D eigenvalue weighted by molar-refractivity contribution is -0.384. The van der Waals surface area contributed by atoms with Crippen molar-refractivity contribution in [1.29, 1.82) is 0 Å². The minimum atomic E-state index is -0.429.